The van der Waals surface area contributed by atoms with E-state index in [0.29, 0.717) is 18.3 Å². The molecule has 1 aromatic rings. The monoisotopic (exact) mass is 288 g/mol. The standard InChI is InChI=1S/C16H24N4O/c1-12(2)15-10-18-20(11-15)16(4-7-17)14-5-8-19(9-6-14)13(3)21/h10-12,14,16H,4-6,8-9H2,1-3H3. The Morgan fingerprint density at radius 3 is 2.62 bits per heavy atom. The van der Waals surface area contributed by atoms with E-state index in [-0.39, 0.29) is 11.9 Å². The quantitative estimate of drug-likeness (QED) is 0.855. The molecule has 1 aromatic heterocycles. The molecule has 1 aliphatic heterocycles. The minimum Gasteiger partial charge on any atom is -0.343 e. The largest absolute Gasteiger partial charge is 0.343 e. The molecule has 21 heavy (non-hydrogen) atoms. The highest BCUT2D eigenvalue weighted by Gasteiger charge is 2.29. The first-order valence-corrected chi connectivity index (χ1v) is 7.69. The average Bonchev–Trinajstić information content (AvgIpc) is 2.94. The highest BCUT2D eigenvalue weighted by atomic mass is 16.2. The zero-order valence-corrected chi connectivity index (χ0v) is 13.1. The SMILES string of the molecule is CC(=O)N1CCC(C(CC#N)n2cc(C(C)C)cn2)CC1. The van der Waals surface area contributed by atoms with E-state index in [0.717, 1.165) is 25.9 Å². The molecule has 1 fully saturated rings. The van der Waals surface area contributed by atoms with Gasteiger partial charge in [-0.2, -0.15) is 10.4 Å². The summed E-state index contributed by atoms with van der Waals surface area (Å²) < 4.78 is 1.96. The summed E-state index contributed by atoms with van der Waals surface area (Å²) in [4.78, 5) is 13.3. The molecule has 0 saturated carbocycles. The van der Waals surface area contributed by atoms with Gasteiger partial charge in [0.15, 0.2) is 0 Å². The summed E-state index contributed by atoms with van der Waals surface area (Å²) in [5.74, 6) is 1.01. The van der Waals surface area contributed by atoms with Crippen LogP contribution in [0.25, 0.3) is 0 Å². The number of likely N-dealkylation sites (tertiary alicyclic amines) is 1. The number of carbonyl (C=O) groups is 1. The molecule has 1 unspecified atom stereocenters. The molecule has 0 aliphatic carbocycles. The number of rotatable bonds is 4. The fourth-order valence-electron chi connectivity index (χ4n) is 3.00. The van der Waals surface area contributed by atoms with Crippen molar-refractivity contribution in [2.24, 2.45) is 5.92 Å². The van der Waals surface area contributed by atoms with Gasteiger partial charge in [0.1, 0.15) is 0 Å². The topological polar surface area (TPSA) is 61.9 Å². The Kier molecular flexibility index (Phi) is 5.00. The zero-order chi connectivity index (χ0) is 15.4. The van der Waals surface area contributed by atoms with Crippen molar-refractivity contribution >= 4 is 5.91 Å². The molecular weight excluding hydrogens is 264 g/mol. The fraction of sp³-hybridized carbons (Fsp3) is 0.688. The maximum Gasteiger partial charge on any atom is 0.219 e. The smallest absolute Gasteiger partial charge is 0.219 e. The summed E-state index contributed by atoms with van der Waals surface area (Å²) in [5.41, 5.74) is 1.21. The normalized spacial score (nSPS) is 17.8. The summed E-state index contributed by atoms with van der Waals surface area (Å²) >= 11 is 0. The minimum atomic E-state index is 0.122. The average molecular weight is 288 g/mol. The van der Waals surface area contributed by atoms with Crippen molar-refractivity contribution in [3.8, 4) is 6.07 Å². The van der Waals surface area contributed by atoms with Gasteiger partial charge in [-0.3, -0.25) is 9.48 Å². The van der Waals surface area contributed by atoms with Crippen LogP contribution in [0.3, 0.4) is 0 Å². The summed E-state index contributed by atoms with van der Waals surface area (Å²) in [7, 11) is 0. The Hall–Kier alpha value is -1.83. The maximum atomic E-state index is 11.4. The predicted octanol–water partition coefficient (Wildman–Crippen LogP) is 2.72. The van der Waals surface area contributed by atoms with Crippen LogP contribution in [0.15, 0.2) is 12.4 Å². The second-order valence-corrected chi connectivity index (χ2v) is 6.18. The van der Waals surface area contributed by atoms with Crippen molar-refractivity contribution in [2.75, 3.05) is 13.1 Å². The Morgan fingerprint density at radius 1 is 1.48 bits per heavy atom. The van der Waals surface area contributed by atoms with Gasteiger partial charge in [0, 0.05) is 26.2 Å². The summed E-state index contributed by atoms with van der Waals surface area (Å²) in [6, 6.07) is 2.42. The molecule has 0 spiro atoms. The highest BCUT2D eigenvalue weighted by molar-refractivity contribution is 5.73. The van der Waals surface area contributed by atoms with Crippen LogP contribution < -0.4 is 0 Å². The first-order valence-electron chi connectivity index (χ1n) is 7.69. The third kappa shape index (κ3) is 3.63. The molecule has 0 N–H and O–H groups in total. The van der Waals surface area contributed by atoms with Gasteiger partial charge in [0.25, 0.3) is 0 Å². The first-order chi connectivity index (χ1) is 10.0. The Balaban J connectivity index is 2.09. The minimum absolute atomic E-state index is 0.122. The van der Waals surface area contributed by atoms with Gasteiger partial charge in [-0.25, -0.2) is 0 Å². The second-order valence-electron chi connectivity index (χ2n) is 6.18. The van der Waals surface area contributed by atoms with E-state index < -0.39 is 0 Å². The van der Waals surface area contributed by atoms with Crippen molar-refractivity contribution < 1.29 is 4.79 Å². The second kappa shape index (κ2) is 6.75. The van der Waals surface area contributed by atoms with Crippen LogP contribution in [-0.4, -0.2) is 33.7 Å². The third-order valence-electron chi connectivity index (χ3n) is 4.46. The number of aromatic nitrogens is 2. The van der Waals surface area contributed by atoms with Crippen molar-refractivity contribution in [1.29, 1.82) is 5.26 Å². The third-order valence-corrected chi connectivity index (χ3v) is 4.46. The molecule has 1 atom stereocenters. The molecule has 2 rings (SSSR count). The van der Waals surface area contributed by atoms with Crippen molar-refractivity contribution in [3.63, 3.8) is 0 Å². The number of nitriles is 1. The van der Waals surface area contributed by atoms with Crippen LogP contribution in [-0.2, 0) is 4.79 Å². The van der Waals surface area contributed by atoms with E-state index in [1.165, 1.54) is 5.56 Å². The van der Waals surface area contributed by atoms with Crippen molar-refractivity contribution in [2.45, 2.75) is 52.0 Å². The van der Waals surface area contributed by atoms with Crippen LogP contribution in [0.5, 0.6) is 0 Å². The van der Waals surface area contributed by atoms with Gasteiger partial charge in [0.05, 0.1) is 24.7 Å². The Labute approximate surface area is 126 Å². The first kappa shape index (κ1) is 15.6. The molecule has 114 valence electrons. The molecule has 5 heteroatoms. The van der Waals surface area contributed by atoms with Gasteiger partial charge in [-0.05, 0) is 30.2 Å². The van der Waals surface area contributed by atoms with E-state index in [1.807, 2.05) is 15.8 Å². The van der Waals surface area contributed by atoms with Crippen molar-refractivity contribution in [1.82, 2.24) is 14.7 Å². The molecule has 0 radical (unpaired) electrons. The zero-order valence-electron chi connectivity index (χ0n) is 13.1. The molecule has 5 nitrogen and oxygen atoms in total. The molecule has 1 saturated heterocycles. The number of hydrogen-bond acceptors (Lipinski definition) is 3. The molecule has 0 aromatic carbocycles. The van der Waals surface area contributed by atoms with Gasteiger partial charge in [-0.15, -0.1) is 0 Å². The summed E-state index contributed by atoms with van der Waals surface area (Å²) in [6.45, 7) is 7.49. The van der Waals surface area contributed by atoms with E-state index >= 15 is 0 Å². The molecule has 1 amide bonds. The van der Waals surface area contributed by atoms with Gasteiger partial charge < -0.3 is 4.90 Å². The number of carbonyl (C=O) groups excluding carboxylic acids is 1. The van der Waals surface area contributed by atoms with Crippen LogP contribution in [0, 0.1) is 17.2 Å². The van der Waals surface area contributed by atoms with Crippen LogP contribution in [0.1, 0.15) is 57.6 Å². The molecule has 0 bridgehead atoms. The van der Waals surface area contributed by atoms with Gasteiger partial charge in [0.2, 0.25) is 5.91 Å². The Bertz CT molecular complexity index is 521. The van der Waals surface area contributed by atoms with E-state index in [1.54, 1.807) is 6.92 Å². The predicted molar refractivity (Wildman–Crippen MR) is 80.6 cm³/mol. The maximum absolute atomic E-state index is 11.4. The van der Waals surface area contributed by atoms with Crippen LogP contribution in [0.2, 0.25) is 0 Å². The number of nitrogens with zero attached hydrogens (tertiary/aromatic N) is 4. The van der Waals surface area contributed by atoms with E-state index in [2.05, 4.69) is 31.2 Å². The number of amides is 1. The van der Waals surface area contributed by atoms with E-state index in [4.69, 9.17) is 5.26 Å². The van der Waals surface area contributed by atoms with Crippen molar-refractivity contribution in [3.05, 3.63) is 18.0 Å². The fourth-order valence-corrected chi connectivity index (χ4v) is 3.00. The lowest BCUT2D eigenvalue weighted by Gasteiger charge is -2.35. The highest BCUT2D eigenvalue weighted by Crippen LogP contribution is 2.31. The molecular formula is C16H24N4O. The lowest BCUT2D eigenvalue weighted by atomic mass is 9.88. The summed E-state index contributed by atoms with van der Waals surface area (Å²) in [5, 5.41) is 13.6. The summed E-state index contributed by atoms with van der Waals surface area (Å²) in [6.07, 6.45) is 6.35. The molecule has 1 aliphatic rings. The molecule has 2 heterocycles. The van der Waals surface area contributed by atoms with Gasteiger partial charge >= 0.3 is 0 Å². The number of piperidine rings is 1. The Morgan fingerprint density at radius 2 is 2.14 bits per heavy atom. The van der Waals surface area contributed by atoms with Crippen LogP contribution >= 0.6 is 0 Å². The van der Waals surface area contributed by atoms with Gasteiger partial charge in [-0.1, -0.05) is 13.8 Å². The van der Waals surface area contributed by atoms with E-state index in [9.17, 15) is 4.79 Å². The lowest BCUT2D eigenvalue weighted by Crippen LogP contribution is -2.39. The number of hydrogen-bond donors (Lipinski definition) is 0. The van der Waals surface area contributed by atoms with Crippen LogP contribution in [0.4, 0.5) is 0 Å². The lowest BCUT2D eigenvalue weighted by molar-refractivity contribution is -0.130.